The summed E-state index contributed by atoms with van der Waals surface area (Å²) in [6, 6.07) is 5.68. The number of hydrogen-bond donors (Lipinski definition) is 1. The molecule has 0 fully saturated rings. The molecule has 0 saturated carbocycles. The standard InChI is InChI=1S/C8H8FNO2/c1-12-10-8(11)6-4-2-3-5-7(6)9/h2-5H,1H3,(H,10,11). The van der Waals surface area contributed by atoms with Gasteiger partial charge in [-0.15, -0.1) is 0 Å². The van der Waals surface area contributed by atoms with E-state index in [1.54, 1.807) is 6.07 Å². The third-order valence-corrected chi connectivity index (χ3v) is 1.31. The van der Waals surface area contributed by atoms with Gasteiger partial charge in [0.05, 0.1) is 12.7 Å². The molecule has 1 N–H and O–H groups in total. The van der Waals surface area contributed by atoms with Crippen LogP contribution < -0.4 is 5.48 Å². The molecule has 1 aromatic rings. The van der Waals surface area contributed by atoms with Crippen molar-refractivity contribution in [3.05, 3.63) is 35.6 Å². The highest BCUT2D eigenvalue weighted by molar-refractivity contribution is 5.93. The van der Waals surface area contributed by atoms with Crippen molar-refractivity contribution in [3.63, 3.8) is 0 Å². The Labute approximate surface area is 69.1 Å². The molecule has 0 saturated heterocycles. The lowest BCUT2D eigenvalue weighted by Gasteiger charge is -2.01. The average Bonchev–Trinajstić information content (AvgIpc) is 2.05. The summed E-state index contributed by atoms with van der Waals surface area (Å²) in [5.41, 5.74) is 2.00. The van der Waals surface area contributed by atoms with Crippen LogP contribution in [0.3, 0.4) is 0 Å². The van der Waals surface area contributed by atoms with Crippen LogP contribution in [0.5, 0.6) is 0 Å². The minimum absolute atomic E-state index is 0.0284. The van der Waals surface area contributed by atoms with Crippen LogP contribution in [0.4, 0.5) is 4.39 Å². The summed E-state index contributed by atoms with van der Waals surface area (Å²) in [5, 5.41) is 0. The number of benzene rings is 1. The van der Waals surface area contributed by atoms with E-state index in [1.807, 2.05) is 5.48 Å². The van der Waals surface area contributed by atoms with Gasteiger partial charge < -0.3 is 0 Å². The normalized spacial score (nSPS) is 9.50. The van der Waals surface area contributed by atoms with E-state index in [4.69, 9.17) is 0 Å². The van der Waals surface area contributed by atoms with Crippen LogP contribution in [-0.4, -0.2) is 13.0 Å². The highest BCUT2D eigenvalue weighted by Gasteiger charge is 2.08. The molecule has 1 amide bonds. The molecular formula is C8H8FNO2. The van der Waals surface area contributed by atoms with E-state index in [9.17, 15) is 9.18 Å². The van der Waals surface area contributed by atoms with Crippen LogP contribution in [-0.2, 0) is 4.84 Å². The van der Waals surface area contributed by atoms with Crippen molar-refractivity contribution in [1.29, 1.82) is 0 Å². The summed E-state index contributed by atoms with van der Waals surface area (Å²) in [7, 11) is 1.29. The minimum Gasteiger partial charge on any atom is -0.277 e. The number of amides is 1. The summed E-state index contributed by atoms with van der Waals surface area (Å²) in [6.45, 7) is 0. The Kier molecular flexibility index (Phi) is 2.76. The molecule has 0 unspecified atom stereocenters. The highest BCUT2D eigenvalue weighted by atomic mass is 19.1. The third-order valence-electron chi connectivity index (χ3n) is 1.31. The number of hydroxylamine groups is 1. The second-order valence-electron chi connectivity index (χ2n) is 2.12. The van der Waals surface area contributed by atoms with Gasteiger partial charge in [-0.25, -0.2) is 9.87 Å². The molecule has 0 heterocycles. The van der Waals surface area contributed by atoms with Crippen molar-refractivity contribution < 1.29 is 14.0 Å². The van der Waals surface area contributed by atoms with E-state index in [1.165, 1.54) is 25.3 Å². The average molecular weight is 169 g/mol. The van der Waals surface area contributed by atoms with Gasteiger partial charge in [0.25, 0.3) is 5.91 Å². The second-order valence-corrected chi connectivity index (χ2v) is 2.12. The molecule has 0 aliphatic carbocycles. The van der Waals surface area contributed by atoms with Crippen LogP contribution in [0.2, 0.25) is 0 Å². The molecule has 0 bridgehead atoms. The second kappa shape index (κ2) is 3.82. The van der Waals surface area contributed by atoms with Crippen LogP contribution in [0.25, 0.3) is 0 Å². The van der Waals surface area contributed by atoms with Gasteiger partial charge in [0.1, 0.15) is 5.82 Å². The van der Waals surface area contributed by atoms with Gasteiger partial charge in [-0.2, -0.15) is 0 Å². The number of halogens is 1. The summed E-state index contributed by atoms with van der Waals surface area (Å²) in [5.74, 6) is -1.15. The lowest BCUT2D eigenvalue weighted by Crippen LogP contribution is -2.22. The maximum Gasteiger partial charge on any atom is 0.277 e. The molecule has 0 aliphatic rings. The zero-order valence-corrected chi connectivity index (χ0v) is 6.50. The summed E-state index contributed by atoms with van der Waals surface area (Å²) in [6.07, 6.45) is 0. The van der Waals surface area contributed by atoms with Crippen molar-refractivity contribution in [2.45, 2.75) is 0 Å². The van der Waals surface area contributed by atoms with E-state index in [-0.39, 0.29) is 5.56 Å². The molecule has 1 rings (SSSR count). The van der Waals surface area contributed by atoms with E-state index in [0.29, 0.717) is 0 Å². The molecule has 0 radical (unpaired) electrons. The summed E-state index contributed by atoms with van der Waals surface area (Å²) >= 11 is 0. The van der Waals surface area contributed by atoms with Gasteiger partial charge in [-0.3, -0.25) is 9.63 Å². The Hall–Kier alpha value is -1.42. The van der Waals surface area contributed by atoms with Crippen LogP contribution in [0.1, 0.15) is 10.4 Å². The SMILES string of the molecule is CONC(=O)c1ccccc1F. The number of carbonyl (C=O) groups is 1. The fourth-order valence-corrected chi connectivity index (χ4v) is 0.793. The van der Waals surface area contributed by atoms with E-state index in [0.717, 1.165) is 0 Å². The molecule has 12 heavy (non-hydrogen) atoms. The van der Waals surface area contributed by atoms with Crippen LogP contribution >= 0.6 is 0 Å². The molecule has 0 atom stereocenters. The Morgan fingerprint density at radius 1 is 1.50 bits per heavy atom. The first-order chi connectivity index (χ1) is 5.75. The predicted molar refractivity (Wildman–Crippen MR) is 40.9 cm³/mol. The van der Waals surface area contributed by atoms with Gasteiger partial charge in [0.2, 0.25) is 0 Å². The van der Waals surface area contributed by atoms with E-state index >= 15 is 0 Å². The summed E-state index contributed by atoms with van der Waals surface area (Å²) < 4.78 is 12.8. The Morgan fingerprint density at radius 2 is 2.17 bits per heavy atom. The Bertz CT molecular complexity index is 288. The molecule has 0 spiro atoms. The van der Waals surface area contributed by atoms with E-state index < -0.39 is 11.7 Å². The zero-order chi connectivity index (χ0) is 8.97. The first-order valence-electron chi connectivity index (χ1n) is 3.33. The maximum absolute atomic E-state index is 12.8. The molecule has 3 nitrogen and oxygen atoms in total. The number of carbonyl (C=O) groups excluding carboxylic acids is 1. The fraction of sp³-hybridized carbons (Fsp3) is 0.125. The largest absolute Gasteiger partial charge is 0.277 e. The van der Waals surface area contributed by atoms with Crippen LogP contribution in [0, 0.1) is 5.82 Å². The highest BCUT2D eigenvalue weighted by Crippen LogP contribution is 2.05. The minimum atomic E-state index is -0.587. The van der Waals surface area contributed by atoms with Gasteiger partial charge in [0, 0.05) is 0 Å². The number of hydrogen-bond acceptors (Lipinski definition) is 2. The van der Waals surface area contributed by atoms with Gasteiger partial charge >= 0.3 is 0 Å². The number of nitrogens with one attached hydrogen (secondary N) is 1. The van der Waals surface area contributed by atoms with E-state index in [2.05, 4.69) is 4.84 Å². The lowest BCUT2D eigenvalue weighted by molar-refractivity contribution is 0.0533. The van der Waals surface area contributed by atoms with Crippen molar-refractivity contribution in [2.75, 3.05) is 7.11 Å². The maximum atomic E-state index is 12.8. The van der Waals surface area contributed by atoms with Crippen molar-refractivity contribution in [1.82, 2.24) is 5.48 Å². The fourth-order valence-electron chi connectivity index (χ4n) is 0.793. The van der Waals surface area contributed by atoms with Crippen molar-refractivity contribution >= 4 is 5.91 Å². The molecular weight excluding hydrogens is 161 g/mol. The Morgan fingerprint density at radius 3 is 2.75 bits per heavy atom. The molecule has 0 aliphatic heterocycles. The molecule has 0 aromatic heterocycles. The smallest absolute Gasteiger partial charge is 0.277 e. The first-order valence-corrected chi connectivity index (χ1v) is 3.33. The number of rotatable bonds is 2. The van der Waals surface area contributed by atoms with Crippen LogP contribution in [0.15, 0.2) is 24.3 Å². The molecule has 1 aromatic carbocycles. The quantitative estimate of drug-likeness (QED) is 0.673. The topological polar surface area (TPSA) is 38.3 Å². The predicted octanol–water partition coefficient (Wildman–Crippen LogP) is 1.12. The lowest BCUT2D eigenvalue weighted by atomic mass is 10.2. The van der Waals surface area contributed by atoms with Gasteiger partial charge in [-0.1, -0.05) is 12.1 Å². The third kappa shape index (κ3) is 1.79. The Balaban J connectivity index is 2.87. The molecule has 4 heteroatoms. The van der Waals surface area contributed by atoms with Crippen molar-refractivity contribution in [3.8, 4) is 0 Å². The van der Waals surface area contributed by atoms with Crippen molar-refractivity contribution in [2.24, 2.45) is 0 Å². The molecule has 64 valence electrons. The zero-order valence-electron chi connectivity index (χ0n) is 6.50. The van der Waals surface area contributed by atoms with Gasteiger partial charge in [0.15, 0.2) is 0 Å². The summed E-state index contributed by atoms with van der Waals surface area (Å²) in [4.78, 5) is 15.3. The first kappa shape index (κ1) is 8.67. The monoisotopic (exact) mass is 169 g/mol. The van der Waals surface area contributed by atoms with Gasteiger partial charge in [-0.05, 0) is 12.1 Å².